The maximum atomic E-state index is 11.8. The van der Waals surface area contributed by atoms with E-state index in [-0.39, 0.29) is 19.4 Å². The Morgan fingerprint density at radius 3 is 2.11 bits per heavy atom. The van der Waals surface area contributed by atoms with Gasteiger partial charge in [0, 0.05) is 0 Å². The molecular weight excluding hydrogens is 254 g/mol. The third-order valence-electron chi connectivity index (χ3n) is 2.73. The summed E-state index contributed by atoms with van der Waals surface area (Å²) in [5, 5.41) is 9.73. The van der Waals surface area contributed by atoms with Crippen LogP contribution in [0.4, 0.5) is 4.79 Å². The summed E-state index contributed by atoms with van der Waals surface area (Å²) in [4.78, 5) is 39.8. The van der Waals surface area contributed by atoms with Gasteiger partial charge in [-0.15, -0.1) is 5.06 Å². The van der Waals surface area contributed by atoms with Gasteiger partial charge in [-0.05, 0) is 40.5 Å². The molecular formula is C12H19NO6. The number of rotatable bonds is 3. The Bertz CT molecular complexity index is 394. The molecule has 1 fully saturated rings. The lowest BCUT2D eigenvalue weighted by Gasteiger charge is -2.28. The number of carboxylic acid groups (broad SMARTS) is 1. The van der Waals surface area contributed by atoms with Crippen molar-refractivity contribution >= 4 is 18.0 Å². The van der Waals surface area contributed by atoms with E-state index in [1.165, 1.54) is 0 Å². The third kappa shape index (κ3) is 3.15. The number of nitrogens with zero attached hydrogens (tertiary/aromatic N) is 1. The smallest absolute Gasteiger partial charge is 0.444 e. The molecule has 108 valence electrons. The number of aliphatic carboxylic acids is 1. The normalized spacial score (nSPS) is 16.4. The van der Waals surface area contributed by atoms with Gasteiger partial charge in [-0.3, -0.25) is 0 Å². The number of hydroxylamine groups is 2. The summed E-state index contributed by atoms with van der Waals surface area (Å²) >= 11 is 0. The molecule has 0 spiro atoms. The Hall–Kier alpha value is -1.79. The molecule has 0 atom stereocenters. The number of ether oxygens (including phenoxy) is 1. The number of amides is 1. The highest BCUT2D eigenvalue weighted by Crippen LogP contribution is 2.43. The molecule has 0 heterocycles. The number of hydrogen-bond acceptors (Lipinski definition) is 5. The van der Waals surface area contributed by atoms with Crippen LogP contribution >= 0.6 is 0 Å². The second-order valence-corrected chi connectivity index (χ2v) is 5.46. The molecule has 1 N–H and O–H groups in total. The summed E-state index contributed by atoms with van der Waals surface area (Å²) in [6, 6.07) is 0. The van der Waals surface area contributed by atoms with Gasteiger partial charge in [-0.1, -0.05) is 0 Å². The molecule has 7 nitrogen and oxygen atoms in total. The molecule has 0 aliphatic heterocycles. The Labute approximate surface area is 111 Å². The van der Waals surface area contributed by atoms with E-state index in [1.54, 1.807) is 27.7 Å². The largest absolute Gasteiger partial charge is 0.479 e. The fourth-order valence-corrected chi connectivity index (χ4v) is 1.32. The first kappa shape index (κ1) is 15.3. The Morgan fingerprint density at radius 1 is 1.26 bits per heavy atom. The SMILES string of the molecule is CCOC(=O)N(OC(=O)C(C)(C)C)C1(C(=O)O)CC1. The second-order valence-electron chi connectivity index (χ2n) is 5.46. The van der Waals surface area contributed by atoms with Crippen molar-refractivity contribution in [1.29, 1.82) is 0 Å². The fourth-order valence-electron chi connectivity index (χ4n) is 1.32. The minimum atomic E-state index is -1.48. The monoisotopic (exact) mass is 273 g/mol. The molecule has 1 aliphatic carbocycles. The molecule has 0 bridgehead atoms. The molecule has 1 saturated carbocycles. The van der Waals surface area contributed by atoms with Crippen molar-refractivity contribution in [2.45, 2.75) is 46.1 Å². The lowest BCUT2D eigenvalue weighted by molar-refractivity contribution is -0.207. The van der Waals surface area contributed by atoms with E-state index in [9.17, 15) is 14.4 Å². The van der Waals surface area contributed by atoms with Crippen LogP contribution in [0.1, 0.15) is 40.5 Å². The second kappa shape index (κ2) is 5.07. The summed E-state index contributed by atoms with van der Waals surface area (Å²) in [7, 11) is 0. The van der Waals surface area contributed by atoms with Crippen LogP contribution in [0.2, 0.25) is 0 Å². The van der Waals surface area contributed by atoms with Crippen molar-refractivity contribution < 1.29 is 29.1 Å². The standard InChI is InChI=1S/C12H19NO6/c1-5-18-10(17)13(12(6-7-12)8(14)15)19-9(16)11(2,3)4/h5-7H2,1-4H3,(H,14,15). The van der Waals surface area contributed by atoms with Gasteiger partial charge in [0.2, 0.25) is 0 Å². The van der Waals surface area contributed by atoms with Crippen molar-refractivity contribution in [2.24, 2.45) is 5.41 Å². The van der Waals surface area contributed by atoms with Crippen LogP contribution in [-0.2, 0) is 19.2 Å². The van der Waals surface area contributed by atoms with Crippen LogP contribution in [0.15, 0.2) is 0 Å². The highest BCUT2D eigenvalue weighted by molar-refractivity contribution is 5.88. The maximum absolute atomic E-state index is 11.8. The lowest BCUT2D eigenvalue weighted by Crippen LogP contribution is -2.49. The predicted octanol–water partition coefficient (Wildman–Crippen LogP) is 1.57. The molecule has 1 amide bonds. The summed E-state index contributed by atoms with van der Waals surface area (Å²) in [5.41, 5.74) is -2.33. The van der Waals surface area contributed by atoms with E-state index >= 15 is 0 Å². The topological polar surface area (TPSA) is 93.1 Å². The van der Waals surface area contributed by atoms with E-state index in [4.69, 9.17) is 14.7 Å². The Morgan fingerprint density at radius 2 is 1.79 bits per heavy atom. The van der Waals surface area contributed by atoms with Crippen molar-refractivity contribution in [1.82, 2.24) is 5.06 Å². The van der Waals surface area contributed by atoms with Gasteiger partial charge in [0.05, 0.1) is 12.0 Å². The Kier molecular flexibility index (Phi) is 4.07. The lowest BCUT2D eigenvalue weighted by atomic mass is 9.98. The molecule has 1 rings (SSSR count). The number of carboxylic acids is 1. The first-order valence-electron chi connectivity index (χ1n) is 6.08. The van der Waals surface area contributed by atoms with Gasteiger partial charge in [-0.25, -0.2) is 14.4 Å². The molecule has 0 aromatic rings. The summed E-state index contributed by atoms with van der Waals surface area (Å²) in [6.45, 7) is 6.48. The zero-order valence-corrected chi connectivity index (χ0v) is 11.6. The summed E-state index contributed by atoms with van der Waals surface area (Å²) < 4.78 is 4.74. The fraction of sp³-hybridized carbons (Fsp3) is 0.750. The van der Waals surface area contributed by atoms with Crippen LogP contribution in [0.5, 0.6) is 0 Å². The first-order chi connectivity index (χ1) is 8.65. The average molecular weight is 273 g/mol. The number of carbonyl (C=O) groups excluding carboxylic acids is 2. The highest BCUT2D eigenvalue weighted by atomic mass is 16.8. The number of hydrogen-bond donors (Lipinski definition) is 1. The summed E-state index contributed by atoms with van der Waals surface area (Å²) in [6.07, 6.45) is -0.489. The minimum absolute atomic E-state index is 0.0676. The van der Waals surface area contributed by atoms with E-state index in [0.717, 1.165) is 0 Å². The van der Waals surface area contributed by atoms with Gasteiger partial charge in [-0.2, -0.15) is 0 Å². The molecule has 0 radical (unpaired) electrons. The zero-order valence-electron chi connectivity index (χ0n) is 11.6. The maximum Gasteiger partial charge on any atom is 0.444 e. The van der Waals surface area contributed by atoms with Gasteiger partial charge in [0.15, 0.2) is 5.54 Å². The van der Waals surface area contributed by atoms with E-state index in [2.05, 4.69) is 0 Å². The molecule has 1 aliphatic rings. The van der Waals surface area contributed by atoms with Crippen molar-refractivity contribution in [3.05, 3.63) is 0 Å². The van der Waals surface area contributed by atoms with Crippen LogP contribution in [0.25, 0.3) is 0 Å². The molecule has 19 heavy (non-hydrogen) atoms. The minimum Gasteiger partial charge on any atom is -0.479 e. The van der Waals surface area contributed by atoms with Crippen LogP contribution in [0.3, 0.4) is 0 Å². The van der Waals surface area contributed by atoms with Crippen LogP contribution < -0.4 is 0 Å². The van der Waals surface area contributed by atoms with Gasteiger partial charge in [0.25, 0.3) is 0 Å². The third-order valence-corrected chi connectivity index (χ3v) is 2.73. The first-order valence-corrected chi connectivity index (χ1v) is 6.08. The van der Waals surface area contributed by atoms with Gasteiger partial charge < -0.3 is 14.7 Å². The van der Waals surface area contributed by atoms with Crippen molar-refractivity contribution in [2.75, 3.05) is 6.61 Å². The molecule has 7 heteroatoms. The van der Waals surface area contributed by atoms with Gasteiger partial charge in [0.1, 0.15) is 0 Å². The molecule has 0 aromatic carbocycles. The van der Waals surface area contributed by atoms with E-state index < -0.39 is 29.0 Å². The molecule has 0 saturated heterocycles. The number of carbonyl (C=O) groups is 3. The van der Waals surface area contributed by atoms with Crippen LogP contribution in [0, 0.1) is 5.41 Å². The van der Waals surface area contributed by atoms with Crippen molar-refractivity contribution in [3.8, 4) is 0 Å². The summed E-state index contributed by atoms with van der Waals surface area (Å²) in [5.74, 6) is -1.89. The quantitative estimate of drug-likeness (QED) is 0.784. The predicted molar refractivity (Wildman–Crippen MR) is 64.0 cm³/mol. The average Bonchev–Trinajstić information content (AvgIpc) is 3.05. The molecule has 0 unspecified atom stereocenters. The zero-order chi connectivity index (χ0) is 14.8. The van der Waals surface area contributed by atoms with Crippen molar-refractivity contribution in [3.63, 3.8) is 0 Å². The van der Waals surface area contributed by atoms with Gasteiger partial charge >= 0.3 is 18.0 Å². The highest BCUT2D eigenvalue weighted by Gasteiger charge is 2.61. The Balaban J connectivity index is 2.92. The molecule has 0 aromatic heterocycles. The van der Waals surface area contributed by atoms with E-state index in [0.29, 0.717) is 5.06 Å². The van der Waals surface area contributed by atoms with Crippen LogP contribution in [-0.4, -0.2) is 40.3 Å². The van der Waals surface area contributed by atoms with E-state index in [1.807, 2.05) is 0 Å².